The monoisotopic (exact) mass is 296 g/mol. The van der Waals surface area contributed by atoms with Crippen molar-refractivity contribution in [3.8, 4) is 0 Å². The molecule has 3 atom stereocenters. The van der Waals surface area contributed by atoms with Crippen molar-refractivity contribution in [2.45, 2.75) is 64.1 Å². The van der Waals surface area contributed by atoms with Crippen LogP contribution < -0.4 is 10.6 Å². The molecule has 118 valence electrons. The SMILES string of the molecule is CC(Cc1c(F)cccc1F)NC(C)CC1CCCCN1. The van der Waals surface area contributed by atoms with E-state index < -0.39 is 11.6 Å². The van der Waals surface area contributed by atoms with Crippen LogP contribution in [0.25, 0.3) is 0 Å². The molecule has 2 rings (SSSR count). The second-order valence-electron chi connectivity index (χ2n) is 6.26. The molecule has 4 heteroatoms. The maximum absolute atomic E-state index is 13.6. The van der Waals surface area contributed by atoms with Crippen LogP contribution in [0.5, 0.6) is 0 Å². The van der Waals surface area contributed by atoms with E-state index >= 15 is 0 Å². The molecule has 0 aromatic heterocycles. The second kappa shape index (κ2) is 7.85. The first-order chi connectivity index (χ1) is 10.1. The molecule has 2 N–H and O–H groups in total. The van der Waals surface area contributed by atoms with Crippen molar-refractivity contribution < 1.29 is 8.78 Å². The number of piperidine rings is 1. The normalized spacial score (nSPS) is 22.0. The zero-order valence-corrected chi connectivity index (χ0v) is 13.0. The minimum atomic E-state index is -0.453. The Hall–Kier alpha value is -1.00. The number of nitrogens with one attached hydrogen (secondary N) is 2. The quantitative estimate of drug-likeness (QED) is 0.840. The summed E-state index contributed by atoms with van der Waals surface area (Å²) in [6, 6.07) is 5.00. The molecule has 0 amide bonds. The van der Waals surface area contributed by atoms with Crippen LogP contribution in [0.4, 0.5) is 8.78 Å². The molecule has 3 unspecified atom stereocenters. The number of benzene rings is 1. The van der Waals surface area contributed by atoms with E-state index in [1.165, 1.54) is 37.5 Å². The van der Waals surface area contributed by atoms with Crippen LogP contribution >= 0.6 is 0 Å². The number of halogens is 2. The van der Waals surface area contributed by atoms with Gasteiger partial charge in [0.2, 0.25) is 0 Å². The number of rotatable bonds is 6. The zero-order chi connectivity index (χ0) is 15.2. The molecule has 1 aliphatic rings. The Bertz CT molecular complexity index is 424. The first kappa shape index (κ1) is 16.4. The molecule has 2 nitrogen and oxygen atoms in total. The summed E-state index contributed by atoms with van der Waals surface area (Å²) < 4.78 is 27.3. The average molecular weight is 296 g/mol. The van der Waals surface area contributed by atoms with Gasteiger partial charge < -0.3 is 10.6 Å². The highest BCUT2D eigenvalue weighted by Gasteiger charge is 2.18. The van der Waals surface area contributed by atoms with Gasteiger partial charge in [0.05, 0.1) is 0 Å². The van der Waals surface area contributed by atoms with Gasteiger partial charge in [0, 0.05) is 23.7 Å². The molecule has 0 saturated carbocycles. The Kier molecular flexibility index (Phi) is 6.12. The molecule has 1 fully saturated rings. The fourth-order valence-corrected chi connectivity index (χ4v) is 3.20. The molecular weight excluding hydrogens is 270 g/mol. The van der Waals surface area contributed by atoms with Crippen molar-refractivity contribution in [2.24, 2.45) is 0 Å². The third-order valence-corrected chi connectivity index (χ3v) is 4.19. The van der Waals surface area contributed by atoms with E-state index in [0.717, 1.165) is 13.0 Å². The van der Waals surface area contributed by atoms with Gasteiger partial charge in [-0.2, -0.15) is 0 Å². The predicted octanol–water partition coefficient (Wildman–Crippen LogP) is 3.41. The lowest BCUT2D eigenvalue weighted by Gasteiger charge is -2.28. The van der Waals surface area contributed by atoms with Crippen molar-refractivity contribution in [3.63, 3.8) is 0 Å². The van der Waals surface area contributed by atoms with Gasteiger partial charge >= 0.3 is 0 Å². The largest absolute Gasteiger partial charge is 0.314 e. The van der Waals surface area contributed by atoms with E-state index in [9.17, 15) is 8.78 Å². The second-order valence-corrected chi connectivity index (χ2v) is 6.26. The van der Waals surface area contributed by atoms with Gasteiger partial charge in [-0.05, 0) is 58.2 Å². The molecule has 21 heavy (non-hydrogen) atoms. The van der Waals surface area contributed by atoms with Gasteiger partial charge in [-0.3, -0.25) is 0 Å². The first-order valence-electron chi connectivity index (χ1n) is 7.98. The molecule has 0 bridgehead atoms. The minimum absolute atomic E-state index is 0.0509. The lowest BCUT2D eigenvalue weighted by molar-refractivity contribution is 0.331. The highest BCUT2D eigenvalue weighted by Crippen LogP contribution is 2.16. The Morgan fingerprint density at radius 3 is 2.52 bits per heavy atom. The Morgan fingerprint density at radius 1 is 1.19 bits per heavy atom. The Morgan fingerprint density at radius 2 is 1.90 bits per heavy atom. The molecule has 0 radical (unpaired) electrons. The van der Waals surface area contributed by atoms with Crippen LogP contribution in [0.1, 0.15) is 45.1 Å². The van der Waals surface area contributed by atoms with E-state index in [-0.39, 0.29) is 11.6 Å². The molecule has 1 aliphatic heterocycles. The highest BCUT2D eigenvalue weighted by molar-refractivity contribution is 5.20. The maximum Gasteiger partial charge on any atom is 0.129 e. The van der Waals surface area contributed by atoms with Crippen molar-refractivity contribution >= 4 is 0 Å². The fraction of sp³-hybridized carbons (Fsp3) is 0.647. The van der Waals surface area contributed by atoms with Crippen molar-refractivity contribution in [3.05, 3.63) is 35.4 Å². The Balaban J connectivity index is 1.81. The van der Waals surface area contributed by atoms with E-state index in [2.05, 4.69) is 17.6 Å². The fourth-order valence-electron chi connectivity index (χ4n) is 3.20. The van der Waals surface area contributed by atoms with Gasteiger partial charge in [-0.15, -0.1) is 0 Å². The summed E-state index contributed by atoms with van der Waals surface area (Å²) in [5.74, 6) is -0.907. The first-order valence-corrected chi connectivity index (χ1v) is 7.98. The smallest absolute Gasteiger partial charge is 0.129 e. The molecule has 1 heterocycles. The zero-order valence-electron chi connectivity index (χ0n) is 13.0. The summed E-state index contributed by atoms with van der Waals surface area (Å²) in [4.78, 5) is 0. The molecule has 0 aliphatic carbocycles. The van der Waals surface area contributed by atoms with Crippen LogP contribution in [-0.4, -0.2) is 24.7 Å². The molecule has 1 saturated heterocycles. The highest BCUT2D eigenvalue weighted by atomic mass is 19.1. The van der Waals surface area contributed by atoms with E-state index in [0.29, 0.717) is 18.5 Å². The number of hydrogen-bond donors (Lipinski definition) is 2. The average Bonchev–Trinajstić information content (AvgIpc) is 2.44. The van der Waals surface area contributed by atoms with Gasteiger partial charge in [-0.25, -0.2) is 8.78 Å². The third-order valence-electron chi connectivity index (χ3n) is 4.19. The van der Waals surface area contributed by atoms with Crippen LogP contribution in [0.2, 0.25) is 0 Å². The van der Waals surface area contributed by atoms with Gasteiger partial charge in [0.25, 0.3) is 0 Å². The van der Waals surface area contributed by atoms with Gasteiger partial charge in [0.1, 0.15) is 11.6 Å². The predicted molar refractivity (Wildman–Crippen MR) is 82.4 cm³/mol. The van der Waals surface area contributed by atoms with Crippen molar-refractivity contribution in [1.82, 2.24) is 10.6 Å². The van der Waals surface area contributed by atoms with Crippen LogP contribution in [0.3, 0.4) is 0 Å². The summed E-state index contributed by atoms with van der Waals surface area (Å²) in [5, 5.41) is 6.99. The van der Waals surface area contributed by atoms with Crippen molar-refractivity contribution in [2.75, 3.05) is 6.54 Å². The van der Waals surface area contributed by atoms with E-state index in [4.69, 9.17) is 0 Å². The summed E-state index contributed by atoms with van der Waals surface area (Å²) in [5.41, 5.74) is 0.181. The van der Waals surface area contributed by atoms with E-state index in [1.54, 1.807) is 0 Å². The topological polar surface area (TPSA) is 24.1 Å². The van der Waals surface area contributed by atoms with Crippen LogP contribution in [0, 0.1) is 11.6 Å². The lowest BCUT2D eigenvalue weighted by atomic mass is 9.98. The van der Waals surface area contributed by atoms with Crippen LogP contribution in [-0.2, 0) is 6.42 Å². The third kappa shape index (κ3) is 5.04. The minimum Gasteiger partial charge on any atom is -0.314 e. The summed E-state index contributed by atoms with van der Waals surface area (Å²) in [6.45, 7) is 5.23. The molecule has 1 aromatic carbocycles. The molecular formula is C17H26F2N2. The van der Waals surface area contributed by atoms with Gasteiger partial charge in [-0.1, -0.05) is 12.5 Å². The summed E-state index contributed by atoms with van der Waals surface area (Å²) >= 11 is 0. The maximum atomic E-state index is 13.6. The summed E-state index contributed by atoms with van der Waals surface area (Å²) in [7, 11) is 0. The van der Waals surface area contributed by atoms with E-state index in [1.807, 2.05) is 6.92 Å². The number of hydrogen-bond acceptors (Lipinski definition) is 2. The van der Waals surface area contributed by atoms with Crippen LogP contribution in [0.15, 0.2) is 18.2 Å². The van der Waals surface area contributed by atoms with Crippen molar-refractivity contribution in [1.29, 1.82) is 0 Å². The summed E-state index contributed by atoms with van der Waals surface area (Å²) in [6.07, 6.45) is 5.22. The Labute approximate surface area is 126 Å². The lowest BCUT2D eigenvalue weighted by Crippen LogP contribution is -2.43. The molecule has 1 aromatic rings. The molecule has 0 spiro atoms. The standard InChI is InChI=1S/C17H26F2N2/c1-12(10-14-6-3-4-9-20-14)21-13(2)11-15-16(18)7-5-8-17(15)19/h5,7-8,12-14,20-21H,3-4,6,9-11H2,1-2H3. The van der Waals surface area contributed by atoms with Gasteiger partial charge in [0.15, 0.2) is 0 Å².